The van der Waals surface area contributed by atoms with Crippen molar-refractivity contribution in [1.29, 1.82) is 1.34 Å². The predicted molar refractivity (Wildman–Crippen MR) is 83.0 cm³/mol. The van der Waals surface area contributed by atoms with Crippen LogP contribution in [0.25, 0.3) is 0 Å². The van der Waals surface area contributed by atoms with Gasteiger partial charge in [-0.2, -0.15) is 0 Å². The fraction of sp³-hybridized carbons (Fsp3) is 0.833. The molecule has 1 radical (unpaired) electrons. The fourth-order valence-corrected chi connectivity index (χ4v) is 0.454. The monoisotopic (exact) mass is 314 g/mol. The van der Waals surface area contributed by atoms with Crippen molar-refractivity contribution < 1.29 is 24.2 Å². The van der Waals surface area contributed by atoms with Crippen LogP contribution in [0.15, 0.2) is 0 Å². The standard InChI is InChI=1S/C6H13NO2.C4H8O2.CH4BO.CH3Cl/c1-5(2)6(8)7(3)9-4;1-3(2)4(5)6;1-3-2;1-2/h5H,1-4H3;3H,1-2H3,(H,5,6);2H,1H3;1H3/i;;2T;. The van der Waals surface area contributed by atoms with Crippen molar-refractivity contribution in [3.8, 4) is 0 Å². The molecule has 0 aromatic rings. The lowest BCUT2D eigenvalue weighted by molar-refractivity contribution is -0.172. The lowest BCUT2D eigenvalue weighted by atomic mass is 10.2. The number of carbonyl (C=O) groups is 2. The predicted octanol–water partition coefficient (Wildman–Crippen LogP) is 1.69. The molecule has 1 amide bonds. The summed E-state index contributed by atoms with van der Waals surface area (Å²) in [5, 5.41) is 9.22. The molecule has 6 nitrogen and oxygen atoms in total. The van der Waals surface area contributed by atoms with Crippen LogP contribution in [0.2, 0.25) is 0 Å². The van der Waals surface area contributed by atoms with Crippen LogP contribution in [-0.2, 0) is 19.1 Å². The Morgan fingerprint density at radius 3 is 1.55 bits per heavy atom. The maximum atomic E-state index is 10.9. The Hall–Kier alpha value is -0.785. The number of nitrogens with zero attached hydrogens (tertiary/aromatic N) is 1. The average Bonchev–Trinajstić information content (AvgIpc) is 2.48. The van der Waals surface area contributed by atoms with E-state index in [0.717, 1.165) is 8.01 Å². The van der Waals surface area contributed by atoms with Gasteiger partial charge in [0.2, 0.25) is 5.91 Å². The number of rotatable bonds is 4. The second kappa shape index (κ2) is 20.5. The van der Waals surface area contributed by atoms with Crippen LogP contribution >= 0.6 is 11.6 Å². The van der Waals surface area contributed by atoms with Crippen LogP contribution in [0.3, 0.4) is 0 Å². The van der Waals surface area contributed by atoms with Gasteiger partial charge in [-0.05, 0) is 0 Å². The smallest absolute Gasteiger partial charge is 0.305 e. The second-order valence-electron chi connectivity index (χ2n) is 3.90. The van der Waals surface area contributed by atoms with Gasteiger partial charge in [0.1, 0.15) is 0 Å². The molecule has 0 atom stereocenters. The first-order valence-electron chi connectivity index (χ1n) is 6.38. The normalized spacial score (nSPS) is 8.85. The van der Waals surface area contributed by atoms with Crippen molar-refractivity contribution in [3.05, 3.63) is 0 Å². The third-order valence-corrected chi connectivity index (χ3v) is 1.57. The van der Waals surface area contributed by atoms with E-state index in [9.17, 15) is 9.59 Å². The SMILES string of the molecule is CC(C)C(=O)O.CCl.CON(C)C(=O)C(C)C.[3H][B]OC. The maximum Gasteiger partial charge on any atom is 0.305 e. The third-order valence-electron chi connectivity index (χ3n) is 1.57. The number of carbonyl (C=O) groups excluding carboxylic acids is 1. The number of amides is 1. The molecule has 1 N–H and O–H groups in total. The van der Waals surface area contributed by atoms with Gasteiger partial charge < -0.3 is 9.76 Å². The van der Waals surface area contributed by atoms with Crippen LogP contribution < -0.4 is 0 Å². The van der Waals surface area contributed by atoms with Crippen molar-refractivity contribution in [2.75, 3.05) is 27.7 Å². The molecule has 0 aromatic heterocycles. The van der Waals surface area contributed by atoms with E-state index in [2.05, 4.69) is 21.1 Å². The number of carboxylic acid groups (broad SMARTS) is 1. The summed E-state index contributed by atoms with van der Waals surface area (Å²) in [4.78, 5) is 25.2. The van der Waals surface area contributed by atoms with Gasteiger partial charge in [0.15, 0.2) is 0 Å². The molecule has 121 valence electrons. The molecule has 0 aliphatic carbocycles. The van der Waals surface area contributed by atoms with Crippen LogP contribution in [0.5, 0.6) is 0 Å². The van der Waals surface area contributed by atoms with Crippen LogP contribution in [0, 0.1) is 11.8 Å². The van der Waals surface area contributed by atoms with E-state index in [1.807, 2.05) is 13.8 Å². The summed E-state index contributed by atoms with van der Waals surface area (Å²) in [5.74, 6) is -0.965. The molecular weight excluding hydrogens is 284 g/mol. The van der Waals surface area contributed by atoms with Crippen LogP contribution in [-0.4, -0.2) is 59.0 Å². The summed E-state index contributed by atoms with van der Waals surface area (Å²) in [6.45, 7) is 6.94. The van der Waals surface area contributed by atoms with E-state index in [4.69, 9.17) is 6.44 Å². The van der Waals surface area contributed by atoms with E-state index in [0.29, 0.717) is 0 Å². The highest BCUT2D eigenvalue weighted by atomic mass is 35.5. The minimum absolute atomic E-state index is 0.00231. The molecule has 0 aromatic carbocycles. The highest BCUT2D eigenvalue weighted by Gasteiger charge is 2.11. The van der Waals surface area contributed by atoms with Gasteiger partial charge in [-0.25, -0.2) is 5.06 Å². The highest BCUT2D eigenvalue weighted by Crippen LogP contribution is 1.97. The minimum atomic E-state index is -0.741. The van der Waals surface area contributed by atoms with Crippen LogP contribution in [0.4, 0.5) is 0 Å². The van der Waals surface area contributed by atoms with Gasteiger partial charge in [-0.3, -0.25) is 14.4 Å². The Balaban J connectivity index is -0.000000104. The van der Waals surface area contributed by atoms with Gasteiger partial charge in [0.05, 0.1) is 13.0 Å². The quantitative estimate of drug-likeness (QED) is 0.485. The zero-order valence-corrected chi connectivity index (χ0v) is 14.4. The summed E-state index contributed by atoms with van der Waals surface area (Å²) in [6.07, 6.45) is 1.47. The lowest BCUT2D eigenvalue weighted by Crippen LogP contribution is -2.29. The summed E-state index contributed by atoms with van der Waals surface area (Å²) in [6, 6.07) is 0. The Morgan fingerprint density at radius 2 is 1.50 bits per heavy atom. The van der Waals surface area contributed by atoms with Crippen molar-refractivity contribution in [2.24, 2.45) is 11.8 Å². The molecule has 0 saturated carbocycles. The number of hydrogen-bond donors (Lipinski definition) is 1. The van der Waals surface area contributed by atoms with Gasteiger partial charge in [-0.1, -0.05) is 27.7 Å². The van der Waals surface area contributed by atoms with E-state index >= 15 is 0 Å². The number of aliphatic carboxylic acids is 1. The van der Waals surface area contributed by atoms with Crippen LogP contribution in [0.1, 0.15) is 27.7 Å². The topological polar surface area (TPSA) is 76.1 Å². The molecule has 8 heteroatoms. The molecule has 0 fully saturated rings. The number of alkyl halides is 1. The first-order valence-corrected chi connectivity index (χ1v) is 6.56. The van der Waals surface area contributed by atoms with Gasteiger partial charge in [-0.15, -0.1) is 11.6 Å². The van der Waals surface area contributed by atoms with Crippen molar-refractivity contribution >= 4 is 31.5 Å². The molecular formula is C12H28BClNO5. The molecule has 0 bridgehead atoms. The number of hydroxylamine groups is 2. The van der Waals surface area contributed by atoms with E-state index in [1.165, 1.54) is 25.7 Å². The number of hydrogen-bond acceptors (Lipinski definition) is 4. The largest absolute Gasteiger partial charge is 0.481 e. The molecule has 0 aliphatic heterocycles. The van der Waals surface area contributed by atoms with E-state index in [-0.39, 0.29) is 17.7 Å². The highest BCUT2D eigenvalue weighted by molar-refractivity contribution is 6.15. The Morgan fingerprint density at radius 1 is 1.20 bits per heavy atom. The Kier molecular flexibility index (Phi) is 24.9. The third kappa shape index (κ3) is 25.9. The van der Waals surface area contributed by atoms with E-state index in [1.54, 1.807) is 20.9 Å². The molecule has 20 heavy (non-hydrogen) atoms. The zero-order chi connectivity index (χ0) is 18.0. The summed E-state index contributed by atoms with van der Waals surface area (Å²) in [5.41, 5.74) is 0. The van der Waals surface area contributed by atoms with Gasteiger partial charge in [0, 0.05) is 27.8 Å². The van der Waals surface area contributed by atoms with E-state index < -0.39 is 5.97 Å². The van der Waals surface area contributed by atoms with Crippen molar-refractivity contribution in [2.45, 2.75) is 27.7 Å². The number of carboxylic acids is 1. The minimum Gasteiger partial charge on any atom is -0.481 e. The average molecular weight is 315 g/mol. The van der Waals surface area contributed by atoms with Gasteiger partial charge in [0.25, 0.3) is 8.01 Å². The zero-order valence-electron chi connectivity index (χ0n) is 14.6. The first kappa shape index (κ1) is 24.2. The second-order valence-corrected chi connectivity index (χ2v) is 3.90. The lowest BCUT2D eigenvalue weighted by Gasteiger charge is -2.15. The molecule has 0 heterocycles. The molecule has 0 saturated heterocycles. The molecule has 0 spiro atoms. The Bertz CT molecular complexity index is 244. The summed E-state index contributed by atoms with van der Waals surface area (Å²) in [7, 11) is 5.38. The fourth-order valence-electron chi connectivity index (χ4n) is 0.454. The molecule has 0 aliphatic rings. The van der Waals surface area contributed by atoms with Crippen molar-refractivity contribution in [1.82, 2.24) is 5.06 Å². The first-order chi connectivity index (χ1) is 9.65. The van der Waals surface area contributed by atoms with Crippen molar-refractivity contribution in [3.63, 3.8) is 0 Å². The summed E-state index contributed by atoms with van der Waals surface area (Å²) >= 11 is 4.64. The van der Waals surface area contributed by atoms with Gasteiger partial charge >= 0.3 is 5.97 Å². The maximum absolute atomic E-state index is 10.9. The molecule has 0 rings (SSSR count). The Labute approximate surface area is 130 Å². The number of halogens is 1. The summed E-state index contributed by atoms with van der Waals surface area (Å²) < 4.78 is 10.2. The molecule has 0 unspecified atom stereocenters.